The molecule has 0 aromatic heterocycles. The van der Waals surface area contributed by atoms with E-state index in [1.807, 2.05) is 0 Å². The van der Waals surface area contributed by atoms with Gasteiger partial charge in [0.1, 0.15) is 18.0 Å². The maximum Gasteiger partial charge on any atom is 0.573 e. The molecular weight excluding hydrogens is 265 g/mol. The van der Waals surface area contributed by atoms with Gasteiger partial charge in [-0.05, 0) is 17.7 Å². The van der Waals surface area contributed by atoms with Gasteiger partial charge in [0, 0.05) is 5.56 Å². The summed E-state index contributed by atoms with van der Waals surface area (Å²) in [5, 5.41) is 8.97. The highest BCUT2D eigenvalue weighted by atomic mass is 19.4. The zero-order chi connectivity index (χ0) is 13.8. The van der Waals surface area contributed by atoms with Crippen LogP contribution in [0.25, 0.3) is 0 Å². The van der Waals surface area contributed by atoms with Crippen molar-refractivity contribution in [1.29, 1.82) is 0 Å². The highest BCUT2D eigenvalue weighted by Crippen LogP contribution is 2.53. The molecule has 0 aliphatic carbocycles. The van der Waals surface area contributed by atoms with Crippen LogP contribution in [0.2, 0.25) is 0 Å². The van der Waals surface area contributed by atoms with Crippen molar-refractivity contribution in [2.45, 2.75) is 18.6 Å². The Kier molecular flexibility index (Phi) is 2.37. The molecule has 100 valence electrons. The quantitative estimate of drug-likeness (QED) is 0.899. The van der Waals surface area contributed by atoms with Crippen molar-refractivity contribution in [3.8, 4) is 5.75 Å². The summed E-state index contributed by atoms with van der Waals surface area (Å²) < 4.78 is 46.2. The summed E-state index contributed by atoms with van der Waals surface area (Å²) in [6, 6.07) is 4.16. The second-order valence-corrected chi connectivity index (χ2v) is 4.17. The zero-order valence-electron chi connectivity index (χ0n) is 9.27. The molecular formula is C12H7F3O4. The van der Waals surface area contributed by atoms with Gasteiger partial charge in [0.2, 0.25) is 0 Å². The molecule has 4 nitrogen and oxygen atoms in total. The standard InChI is InChI=1S/C12H7F3O4/c13-12(14,15)19-7-3-1-2-5-8-4-6(11(16)17)10(18-8)9(5)7/h1-4,8,10H,(H,16,17)/t8-,10-/m0/s1. The van der Waals surface area contributed by atoms with E-state index >= 15 is 0 Å². The lowest BCUT2D eigenvalue weighted by molar-refractivity contribution is -0.275. The predicted octanol–water partition coefficient (Wildman–Crippen LogP) is 2.72. The van der Waals surface area contributed by atoms with E-state index in [1.165, 1.54) is 12.1 Å². The van der Waals surface area contributed by atoms with E-state index in [9.17, 15) is 18.0 Å². The number of rotatable bonds is 2. The van der Waals surface area contributed by atoms with Crippen LogP contribution in [0.5, 0.6) is 5.75 Å². The van der Waals surface area contributed by atoms with Crippen molar-refractivity contribution in [3.05, 3.63) is 41.0 Å². The Morgan fingerprint density at radius 1 is 1.37 bits per heavy atom. The number of hydrogen-bond acceptors (Lipinski definition) is 3. The van der Waals surface area contributed by atoms with Crippen LogP contribution in [-0.4, -0.2) is 17.4 Å². The highest BCUT2D eigenvalue weighted by Gasteiger charge is 2.45. The molecule has 0 radical (unpaired) electrons. The van der Waals surface area contributed by atoms with Crippen molar-refractivity contribution >= 4 is 5.97 Å². The minimum Gasteiger partial charge on any atom is -0.478 e. The number of ether oxygens (including phenoxy) is 2. The molecule has 0 fully saturated rings. The molecule has 0 saturated carbocycles. The Hall–Kier alpha value is -2.02. The van der Waals surface area contributed by atoms with Gasteiger partial charge in [0.25, 0.3) is 0 Å². The van der Waals surface area contributed by atoms with E-state index in [0.29, 0.717) is 5.56 Å². The van der Waals surface area contributed by atoms with Gasteiger partial charge < -0.3 is 14.6 Å². The Labute approximate surface area is 105 Å². The molecule has 2 bridgehead atoms. The Balaban J connectivity index is 2.05. The largest absolute Gasteiger partial charge is 0.573 e. The Bertz CT molecular complexity index is 591. The van der Waals surface area contributed by atoms with Crippen molar-refractivity contribution in [2.24, 2.45) is 0 Å². The van der Waals surface area contributed by atoms with Crippen LogP contribution in [0.1, 0.15) is 23.3 Å². The van der Waals surface area contributed by atoms with Crippen molar-refractivity contribution < 1.29 is 32.5 Å². The number of alkyl halides is 3. The second kappa shape index (κ2) is 3.74. The van der Waals surface area contributed by atoms with Gasteiger partial charge >= 0.3 is 12.3 Å². The van der Waals surface area contributed by atoms with Gasteiger partial charge in [-0.2, -0.15) is 0 Å². The van der Waals surface area contributed by atoms with Crippen LogP contribution in [-0.2, 0) is 9.53 Å². The first-order valence-electron chi connectivity index (χ1n) is 5.36. The van der Waals surface area contributed by atoms with Gasteiger partial charge in [0.15, 0.2) is 0 Å². The second-order valence-electron chi connectivity index (χ2n) is 4.17. The average Bonchev–Trinajstić information content (AvgIpc) is 2.85. The Morgan fingerprint density at radius 3 is 2.74 bits per heavy atom. The monoisotopic (exact) mass is 272 g/mol. The molecule has 3 rings (SSSR count). The maximum absolute atomic E-state index is 12.3. The lowest BCUT2D eigenvalue weighted by atomic mass is 9.91. The van der Waals surface area contributed by atoms with Crippen LogP contribution < -0.4 is 4.74 Å². The van der Waals surface area contributed by atoms with Crippen LogP contribution in [0, 0.1) is 0 Å². The summed E-state index contributed by atoms with van der Waals surface area (Å²) in [7, 11) is 0. The van der Waals surface area contributed by atoms with Crippen LogP contribution in [0.4, 0.5) is 13.2 Å². The number of benzene rings is 1. The molecule has 0 unspecified atom stereocenters. The normalized spacial score (nSPS) is 24.1. The fourth-order valence-corrected chi connectivity index (χ4v) is 2.38. The first-order valence-corrected chi connectivity index (χ1v) is 5.36. The SMILES string of the molecule is O=C(O)C1=C[C@@H]2O[C@@H]1c1c(OC(F)(F)F)cccc12. The van der Waals surface area contributed by atoms with Gasteiger partial charge in [-0.3, -0.25) is 0 Å². The van der Waals surface area contributed by atoms with Crippen LogP contribution >= 0.6 is 0 Å². The molecule has 2 atom stereocenters. The minimum absolute atomic E-state index is 0.0595. The lowest BCUT2D eigenvalue weighted by Crippen LogP contribution is -2.19. The maximum atomic E-state index is 12.3. The van der Waals surface area contributed by atoms with E-state index in [1.54, 1.807) is 6.07 Å². The molecule has 0 amide bonds. The number of halogens is 3. The third-order valence-corrected chi connectivity index (χ3v) is 3.04. The molecule has 1 aromatic rings. The number of carbonyl (C=O) groups is 1. The molecule has 1 N–H and O–H groups in total. The number of carboxylic acids is 1. The topological polar surface area (TPSA) is 55.8 Å². The van der Waals surface area contributed by atoms with E-state index < -0.39 is 30.3 Å². The number of fused-ring (bicyclic) bond motifs is 5. The summed E-state index contributed by atoms with van der Waals surface area (Å²) in [6.45, 7) is 0. The predicted molar refractivity (Wildman–Crippen MR) is 55.4 cm³/mol. The molecule has 19 heavy (non-hydrogen) atoms. The minimum atomic E-state index is -4.83. The lowest BCUT2D eigenvalue weighted by Gasteiger charge is -2.17. The molecule has 1 aromatic carbocycles. The summed E-state index contributed by atoms with van der Waals surface area (Å²) in [6.07, 6.45) is -5.06. The van der Waals surface area contributed by atoms with Gasteiger partial charge in [-0.25, -0.2) is 4.79 Å². The molecule has 7 heteroatoms. The van der Waals surface area contributed by atoms with Crippen LogP contribution in [0.3, 0.4) is 0 Å². The smallest absolute Gasteiger partial charge is 0.478 e. The summed E-state index contributed by atoms with van der Waals surface area (Å²) in [5.41, 5.74) is 0.595. The number of aliphatic carboxylic acids is 1. The van der Waals surface area contributed by atoms with E-state index in [-0.39, 0.29) is 11.1 Å². The molecule has 0 saturated heterocycles. The van der Waals surface area contributed by atoms with Gasteiger partial charge in [-0.15, -0.1) is 13.2 Å². The number of carboxylic acid groups (broad SMARTS) is 1. The van der Waals surface area contributed by atoms with Crippen molar-refractivity contribution in [3.63, 3.8) is 0 Å². The summed E-state index contributed by atoms with van der Waals surface area (Å²) >= 11 is 0. The molecule has 0 spiro atoms. The molecule has 2 aliphatic rings. The van der Waals surface area contributed by atoms with E-state index in [4.69, 9.17) is 9.84 Å². The fraction of sp³-hybridized carbons (Fsp3) is 0.250. The molecule has 2 aliphatic heterocycles. The van der Waals surface area contributed by atoms with E-state index in [0.717, 1.165) is 6.07 Å². The van der Waals surface area contributed by atoms with Crippen molar-refractivity contribution in [2.75, 3.05) is 0 Å². The summed E-state index contributed by atoms with van der Waals surface area (Å²) in [5.74, 6) is -1.62. The van der Waals surface area contributed by atoms with Crippen LogP contribution in [0.15, 0.2) is 29.8 Å². The Morgan fingerprint density at radius 2 is 2.11 bits per heavy atom. The van der Waals surface area contributed by atoms with Crippen molar-refractivity contribution in [1.82, 2.24) is 0 Å². The first-order chi connectivity index (χ1) is 8.87. The first kappa shape index (κ1) is 12.0. The van der Waals surface area contributed by atoms with E-state index in [2.05, 4.69) is 4.74 Å². The third kappa shape index (κ3) is 1.86. The van der Waals surface area contributed by atoms with Gasteiger partial charge in [0.05, 0.1) is 5.57 Å². The summed E-state index contributed by atoms with van der Waals surface area (Å²) in [4.78, 5) is 11.0. The number of hydrogen-bond donors (Lipinski definition) is 1. The fourth-order valence-electron chi connectivity index (χ4n) is 2.38. The average molecular weight is 272 g/mol. The highest BCUT2D eigenvalue weighted by molar-refractivity contribution is 5.90. The van der Waals surface area contributed by atoms with Gasteiger partial charge in [-0.1, -0.05) is 12.1 Å². The molecule has 2 heterocycles. The third-order valence-electron chi connectivity index (χ3n) is 3.04. The zero-order valence-corrected chi connectivity index (χ0v) is 9.27.